The zero-order valence-electron chi connectivity index (χ0n) is 12.7. The summed E-state index contributed by atoms with van der Waals surface area (Å²) in [5, 5.41) is 5.51. The maximum atomic E-state index is 12.1. The van der Waals surface area contributed by atoms with Gasteiger partial charge in [-0.2, -0.15) is 8.78 Å². The lowest BCUT2D eigenvalue weighted by atomic mass is 10.1. The van der Waals surface area contributed by atoms with Crippen molar-refractivity contribution in [3.8, 4) is 5.75 Å². The van der Waals surface area contributed by atoms with E-state index in [1.54, 1.807) is 37.5 Å². The van der Waals surface area contributed by atoms with Gasteiger partial charge in [0.05, 0.1) is 6.04 Å². The van der Waals surface area contributed by atoms with Gasteiger partial charge in [-0.25, -0.2) is 4.79 Å². The van der Waals surface area contributed by atoms with Crippen molar-refractivity contribution in [3.05, 3.63) is 53.9 Å². The van der Waals surface area contributed by atoms with E-state index >= 15 is 0 Å². The number of urea groups is 1. The van der Waals surface area contributed by atoms with Crippen LogP contribution in [0.4, 0.5) is 19.3 Å². The number of alkyl halides is 2. The number of halogens is 2. The fourth-order valence-corrected chi connectivity index (χ4v) is 1.99. The predicted octanol–water partition coefficient (Wildman–Crippen LogP) is 3.87. The summed E-state index contributed by atoms with van der Waals surface area (Å²) in [7, 11) is 0. The van der Waals surface area contributed by atoms with Crippen LogP contribution in [0.25, 0.3) is 0 Å². The Balaban J connectivity index is 1.94. The van der Waals surface area contributed by atoms with Crippen LogP contribution in [0.1, 0.15) is 24.1 Å². The van der Waals surface area contributed by atoms with Gasteiger partial charge in [0, 0.05) is 18.1 Å². The van der Waals surface area contributed by atoms with E-state index in [0.29, 0.717) is 5.69 Å². The van der Waals surface area contributed by atoms with Crippen LogP contribution < -0.4 is 15.4 Å². The summed E-state index contributed by atoms with van der Waals surface area (Å²) in [6.45, 7) is 0.779. The Morgan fingerprint density at radius 3 is 2.52 bits per heavy atom. The molecule has 1 unspecified atom stereocenters. The highest BCUT2D eigenvalue weighted by Gasteiger charge is 2.11. The van der Waals surface area contributed by atoms with Crippen molar-refractivity contribution in [2.75, 3.05) is 5.32 Å². The van der Waals surface area contributed by atoms with Gasteiger partial charge in [0.1, 0.15) is 5.75 Å². The minimum atomic E-state index is -2.86. The van der Waals surface area contributed by atoms with Gasteiger partial charge < -0.3 is 15.4 Å². The lowest BCUT2D eigenvalue weighted by Gasteiger charge is -2.16. The molecule has 0 aliphatic carbocycles. The number of hydrogen-bond acceptors (Lipinski definition) is 3. The third-order valence-corrected chi connectivity index (χ3v) is 3.22. The Hall–Kier alpha value is -2.70. The van der Waals surface area contributed by atoms with Gasteiger partial charge in [0.2, 0.25) is 0 Å². The second-order valence-electron chi connectivity index (χ2n) is 4.96. The van der Waals surface area contributed by atoms with Crippen molar-refractivity contribution in [3.63, 3.8) is 0 Å². The van der Waals surface area contributed by atoms with Crippen LogP contribution in [-0.4, -0.2) is 17.6 Å². The Bertz CT molecular complexity index is 663. The molecule has 1 heterocycles. The van der Waals surface area contributed by atoms with E-state index in [0.717, 1.165) is 11.1 Å². The smallest absolute Gasteiger partial charge is 0.387 e. The lowest BCUT2D eigenvalue weighted by molar-refractivity contribution is -0.0498. The second kappa shape index (κ2) is 7.53. The van der Waals surface area contributed by atoms with Crippen molar-refractivity contribution >= 4 is 11.7 Å². The van der Waals surface area contributed by atoms with Crippen molar-refractivity contribution in [1.82, 2.24) is 10.3 Å². The highest BCUT2D eigenvalue weighted by Crippen LogP contribution is 2.19. The largest absolute Gasteiger partial charge is 0.435 e. The SMILES string of the molecule is Cc1cnccc1NC(=O)NC(C)c1ccc(OC(F)F)cc1. The van der Waals surface area contributed by atoms with Crippen LogP contribution >= 0.6 is 0 Å². The third kappa shape index (κ3) is 4.91. The molecule has 23 heavy (non-hydrogen) atoms. The zero-order chi connectivity index (χ0) is 16.8. The van der Waals surface area contributed by atoms with E-state index < -0.39 is 6.61 Å². The number of nitrogens with zero attached hydrogens (tertiary/aromatic N) is 1. The van der Waals surface area contributed by atoms with E-state index in [1.165, 1.54) is 12.1 Å². The molecule has 1 atom stereocenters. The number of carbonyl (C=O) groups excluding carboxylic acids is 1. The van der Waals surface area contributed by atoms with E-state index in [-0.39, 0.29) is 17.8 Å². The first-order chi connectivity index (χ1) is 11.0. The number of aromatic nitrogens is 1. The van der Waals surface area contributed by atoms with Crippen LogP contribution in [0.2, 0.25) is 0 Å². The van der Waals surface area contributed by atoms with Crippen LogP contribution in [0.5, 0.6) is 5.75 Å². The predicted molar refractivity (Wildman–Crippen MR) is 82.6 cm³/mol. The molecule has 1 aromatic heterocycles. The third-order valence-electron chi connectivity index (χ3n) is 3.22. The van der Waals surface area contributed by atoms with E-state index in [4.69, 9.17) is 0 Å². The normalized spacial score (nSPS) is 11.9. The average Bonchev–Trinajstić information content (AvgIpc) is 2.49. The molecule has 0 fully saturated rings. The Labute approximate surface area is 132 Å². The van der Waals surface area contributed by atoms with Gasteiger partial charge in [-0.1, -0.05) is 12.1 Å². The van der Waals surface area contributed by atoms with Gasteiger partial charge in [-0.3, -0.25) is 4.98 Å². The number of aryl methyl sites for hydroxylation is 1. The molecule has 0 radical (unpaired) electrons. The fraction of sp³-hybridized carbons (Fsp3) is 0.250. The quantitative estimate of drug-likeness (QED) is 0.878. The lowest BCUT2D eigenvalue weighted by Crippen LogP contribution is -2.31. The second-order valence-corrected chi connectivity index (χ2v) is 4.96. The number of pyridine rings is 1. The maximum Gasteiger partial charge on any atom is 0.387 e. The summed E-state index contributed by atoms with van der Waals surface area (Å²) >= 11 is 0. The molecule has 1 aromatic carbocycles. The van der Waals surface area contributed by atoms with Crippen LogP contribution in [0, 0.1) is 6.92 Å². The summed E-state index contributed by atoms with van der Waals surface area (Å²) in [5.74, 6) is 0.0767. The Kier molecular flexibility index (Phi) is 5.46. The fourth-order valence-electron chi connectivity index (χ4n) is 1.99. The number of amides is 2. The highest BCUT2D eigenvalue weighted by atomic mass is 19.3. The number of anilines is 1. The molecule has 2 amide bonds. The number of nitrogens with one attached hydrogen (secondary N) is 2. The van der Waals surface area contributed by atoms with Crippen molar-refractivity contribution < 1.29 is 18.3 Å². The topological polar surface area (TPSA) is 63.2 Å². The minimum absolute atomic E-state index is 0.0767. The van der Waals surface area contributed by atoms with Gasteiger partial charge in [-0.05, 0) is 43.2 Å². The average molecular weight is 321 g/mol. The van der Waals surface area contributed by atoms with Gasteiger partial charge >= 0.3 is 12.6 Å². The molecule has 5 nitrogen and oxygen atoms in total. The molecule has 7 heteroatoms. The van der Waals surface area contributed by atoms with Gasteiger partial charge in [0.25, 0.3) is 0 Å². The Morgan fingerprint density at radius 2 is 1.91 bits per heavy atom. The van der Waals surface area contributed by atoms with E-state index in [1.807, 2.05) is 6.92 Å². The summed E-state index contributed by atoms with van der Waals surface area (Å²) in [4.78, 5) is 15.9. The van der Waals surface area contributed by atoms with Crippen LogP contribution in [0.15, 0.2) is 42.7 Å². The molecule has 0 saturated heterocycles. The molecule has 0 aliphatic heterocycles. The highest BCUT2D eigenvalue weighted by molar-refractivity contribution is 5.90. The van der Waals surface area contributed by atoms with Gasteiger partial charge in [-0.15, -0.1) is 0 Å². The molecule has 2 rings (SSSR count). The molecule has 0 saturated carbocycles. The number of rotatable bonds is 5. The van der Waals surface area contributed by atoms with Crippen molar-refractivity contribution in [2.24, 2.45) is 0 Å². The Morgan fingerprint density at radius 1 is 1.22 bits per heavy atom. The first-order valence-corrected chi connectivity index (χ1v) is 6.98. The molecule has 0 spiro atoms. The molecule has 2 N–H and O–H groups in total. The van der Waals surface area contributed by atoms with E-state index in [2.05, 4.69) is 20.4 Å². The molecule has 0 bridgehead atoms. The van der Waals surface area contributed by atoms with Crippen molar-refractivity contribution in [1.29, 1.82) is 0 Å². The molecule has 0 aliphatic rings. The zero-order valence-corrected chi connectivity index (χ0v) is 12.7. The van der Waals surface area contributed by atoms with Crippen LogP contribution in [-0.2, 0) is 0 Å². The monoisotopic (exact) mass is 321 g/mol. The number of benzene rings is 1. The minimum Gasteiger partial charge on any atom is -0.435 e. The van der Waals surface area contributed by atoms with E-state index in [9.17, 15) is 13.6 Å². The van der Waals surface area contributed by atoms with Crippen molar-refractivity contribution in [2.45, 2.75) is 26.5 Å². The number of hydrogen-bond donors (Lipinski definition) is 2. The standard InChI is InChI=1S/C16H17F2N3O2/c1-10-9-19-8-7-14(10)21-16(22)20-11(2)12-3-5-13(6-4-12)23-15(17)18/h3-9,11,15H,1-2H3,(H2,19,20,21,22). The maximum absolute atomic E-state index is 12.1. The van der Waals surface area contributed by atoms with Crippen LogP contribution in [0.3, 0.4) is 0 Å². The summed E-state index contributed by atoms with van der Waals surface area (Å²) in [5.41, 5.74) is 2.29. The molecular weight excluding hydrogens is 304 g/mol. The summed E-state index contributed by atoms with van der Waals surface area (Å²) in [6.07, 6.45) is 3.24. The van der Waals surface area contributed by atoms with Gasteiger partial charge in [0.15, 0.2) is 0 Å². The first kappa shape index (κ1) is 16.7. The number of ether oxygens (including phenoxy) is 1. The molecule has 122 valence electrons. The summed E-state index contributed by atoms with van der Waals surface area (Å²) in [6, 6.07) is 7.17. The molecule has 2 aromatic rings. The summed E-state index contributed by atoms with van der Waals surface area (Å²) < 4.78 is 28.5. The molecular formula is C16H17F2N3O2. The number of carbonyl (C=O) groups is 1. The first-order valence-electron chi connectivity index (χ1n) is 6.98.